The van der Waals surface area contributed by atoms with E-state index in [1.54, 1.807) is 135 Å². The molecule has 8 rings (SSSR count). The number of aromatic hydroxyl groups is 1. The molecule has 8 aromatic rings. The van der Waals surface area contributed by atoms with Crippen LogP contribution < -0.4 is 30.3 Å². The zero-order chi connectivity index (χ0) is 48.5. The van der Waals surface area contributed by atoms with Crippen molar-refractivity contribution in [3.63, 3.8) is 0 Å². The van der Waals surface area contributed by atoms with Gasteiger partial charge in [0.1, 0.15) is 22.7 Å². The number of carbonyl (C=O) groups excluding carboxylic acids is 3. The second kappa shape index (κ2) is 22.8. The summed E-state index contributed by atoms with van der Waals surface area (Å²) in [7, 11) is 2.93. The number of rotatable bonds is 12. The summed E-state index contributed by atoms with van der Waals surface area (Å²) in [4.78, 5) is 48.2. The van der Waals surface area contributed by atoms with E-state index < -0.39 is 29.0 Å². The fraction of sp³-hybridized carbons (Fsp3) is 0.0769. The van der Waals surface area contributed by atoms with Gasteiger partial charge in [0, 0.05) is 34.0 Å². The quantitative estimate of drug-likeness (QED) is 0.0666. The second-order valence-corrected chi connectivity index (χ2v) is 15.0. The first-order valence-electron chi connectivity index (χ1n) is 20.6. The Bertz CT molecular complexity index is 3090. The van der Waals surface area contributed by atoms with E-state index in [9.17, 15) is 39.6 Å². The molecule has 0 aliphatic carbocycles. The molecule has 0 aliphatic rings. The van der Waals surface area contributed by atoms with E-state index in [0.717, 1.165) is 0 Å². The van der Waals surface area contributed by atoms with Gasteiger partial charge in [-0.1, -0.05) is 90.7 Å². The van der Waals surface area contributed by atoms with Crippen molar-refractivity contribution in [2.24, 2.45) is 20.5 Å². The van der Waals surface area contributed by atoms with Crippen molar-refractivity contribution in [1.29, 1.82) is 0 Å². The Morgan fingerprint density at radius 2 is 0.957 bits per heavy atom. The number of hydrogen-bond acceptors (Lipinski definition) is 13. The normalized spacial score (nSPS) is 10.8. The molecular formula is C52H40BaN6O10. The summed E-state index contributed by atoms with van der Waals surface area (Å²) >= 11 is 0. The molecule has 0 unspecified atom stereocenters. The fourth-order valence-electron chi connectivity index (χ4n) is 7.14. The Balaban J connectivity index is 0.000000224. The smallest absolute Gasteiger partial charge is 0.871 e. The molecule has 4 N–H and O–H groups in total. The van der Waals surface area contributed by atoms with Gasteiger partial charge in [-0.25, -0.2) is 4.79 Å². The summed E-state index contributed by atoms with van der Waals surface area (Å²) in [6.45, 7) is 3.56. The maximum absolute atomic E-state index is 12.7. The molecule has 69 heavy (non-hydrogen) atoms. The predicted molar refractivity (Wildman–Crippen MR) is 259 cm³/mol. The number of benzene rings is 8. The number of nitrogens with one attached hydrogen (secondary N) is 2. The van der Waals surface area contributed by atoms with Crippen LogP contribution in [0.3, 0.4) is 0 Å². The number of methoxy groups -OCH3 is 2. The third-order valence-electron chi connectivity index (χ3n) is 10.5. The minimum atomic E-state index is -1.58. The Kier molecular flexibility index (Phi) is 16.7. The molecule has 0 bridgehead atoms. The van der Waals surface area contributed by atoms with Gasteiger partial charge < -0.3 is 45.3 Å². The Morgan fingerprint density at radius 1 is 0.551 bits per heavy atom. The van der Waals surface area contributed by atoms with Gasteiger partial charge >= 0.3 is 54.9 Å². The van der Waals surface area contributed by atoms with Crippen LogP contribution in [0.5, 0.6) is 23.0 Å². The van der Waals surface area contributed by atoms with Crippen molar-refractivity contribution in [2.75, 3.05) is 24.9 Å². The number of carboxylic acids is 2. The number of anilines is 2. The number of amides is 2. The molecule has 0 spiro atoms. The molecule has 8 aromatic carbocycles. The zero-order valence-corrected chi connectivity index (χ0v) is 42.0. The largest absolute Gasteiger partial charge is 2.00 e. The first-order valence-corrected chi connectivity index (χ1v) is 20.6. The Labute approximate surface area is 435 Å². The van der Waals surface area contributed by atoms with Crippen molar-refractivity contribution in [3.8, 4) is 23.0 Å². The predicted octanol–water partition coefficient (Wildman–Crippen LogP) is 10.1. The summed E-state index contributed by atoms with van der Waals surface area (Å²) in [6.07, 6.45) is 0. The van der Waals surface area contributed by atoms with E-state index in [-0.39, 0.29) is 77.6 Å². The molecule has 0 atom stereocenters. The first-order chi connectivity index (χ1) is 32.8. The number of azo groups is 2. The first kappa shape index (κ1) is 50.5. The van der Waals surface area contributed by atoms with Crippen LogP contribution in [0.1, 0.15) is 52.6 Å². The molecular weight excluding hydrogens is 1010 g/mol. The summed E-state index contributed by atoms with van der Waals surface area (Å²) in [5, 5.41) is 68.6. The van der Waals surface area contributed by atoms with E-state index >= 15 is 0 Å². The molecule has 0 radical (unpaired) electrons. The number of nitrogens with zero attached hydrogens (tertiary/aromatic N) is 4. The van der Waals surface area contributed by atoms with Gasteiger partial charge in [-0.3, -0.25) is 9.59 Å². The van der Waals surface area contributed by atoms with Gasteiger partial charge in [0.15, 0.2) is 5.75 Å². The van der Waals surface area contributed by atoms with Crippen LogP contribution in [0.4, 0.5) is 34.1 Å². The standard InChI is InChI=1S/2C26H21N3O5.Ba/c2*1-15-12-18(14-21(34-2)22(15)27-25(31)16-8-4-3-5-9-16)28-29-23-19-11-7-6-10-17(19)13-20(24(23)30)26(32)33;/h2*3-14,30H,1-2H3,(H,27,31)(H,32,33);/q;;+2/p-2. The molecule has 0 fully saturated rings. The molecule has 0 aliphatic heterocycles. The summed E-state index contributed by atoms with van der Waals surface area (Å²) in [5.41, 5.74) is 3.28. The zero-order valence-electron chi connectivity index (χ0n) is 37.5. The van der Waals surface area contributed by atoms with Crippen LogP contribution in [0.2, 0.25) is 0 Å². The maximum atomic E-state index is 12.7. The van der Waals surface area contributed by atoms with Gasteiger partial charge in [-0.2, -0.15) is 15.3 Å². The molecule has 0 heterocycles. The van der Waals surface area contributed by atoms with Crippen LogP contribution in [0.25, 0.3) is 21.5 Å². The average Bonchev–Trinajstić information content (AvgIpc) is 3.34. The van der Waals surface area contributed by atoms with Gasteiger partial charge in [-0.05, 0) is 89.8 Å². The monoisotopic (exact) mass is 1050 g/mol. The molecule has 17 heteroatoms. The number of carboxylic acid groups (broad SMARTS) is 2. The van der Waals surface area contributed by atoms with Crippen molar-refractivity contribution < 1.29 is 49.1 Å². The summed E-state index contributed by atoms with van der Waals surface area (Å²) in [5.74, 6) is -3.93. The fourth-order valence-corrected chi connectivity index (χ4v) is 7.14. The molecule has 0 aromatic heterocycles. The van der Waals surface area contributed by atoms with Crippen LogP contribution in [-0.4, -0.2) is 97.1 Å². The Morgan fingerprint density at radius 3 is 1.39 bits per heavy atom. The van der Waals surface area contributed by atoms with Crippen molar-refractivity contribution in [3.05, 3.63) is 179 Å². The van der Waals surface area contributed by atoms with Gasteiger partial charge in [0.25, 0.3) is 11.8 Å². The van der Waals surface area contributed by atoms with Gasteiger partial charge in [0.05, 0.1) is 48.6 Å². The minimum Gasteiger partial charge on any atom is -0.871 e. The second-order valence-electron chi connectivity index (χ2n) is 15.0. The van der Waals surface area contributed by atoms with Gasteiger partial charge in [-0.15, -0.1) is 5.11 Å². The van der Waals surface area contributed by atoms with E-state index in [0.29, 0.717) is 78.0 Å². The number of hydrogen-bond donors (Lipinski definition) is 4. The van der Waals surface area contributed by atoms with Crippen LogP contribution in [-0.2, 0) is 0 Å². The van der Waals surface area contributed by atoms with Crippen molar-refractivity contribution in [1.82, 2.24) is 0 Å². The Hall–Kier alpha value is -7.87. The molecule has 0 saturated heterocycles. The SMILES string of the molecule is COc1cc(N=Nc2c(O)c(C(=O)O)cc3ccccc23)cc(C)c1NC(=O)c1ccccc1.COc1cc(N=Nc2c([O-])c(C(=O)[O-])cc3ccccc23)cc(C)c1NC(=O)c1ccccc1.[Ba+2]. The molecule has 2 amide bonds. The average molecular weight is 1050 g/mol. The summed E-state index contributed by atoms with van der Waals surface area (Å²) in [6, 6.07) is 40.5. The van der Waals surface area contributed by atoms with Gasteiger partial charge in [0.2, 0.25) is 0 Å². The number of aryl methyl sites for hydroxylation is 2. The number of fused-ring (bicyclic) bond motifs is 2. The molecule has 0 saturated carbocycles. The van der Waals surface area contributed by atoms with Crippen molar-refractivity contribution >= 4 is 128 Å². The van der Waals surface area contributed by atoms with E-state index in [1.165, 1.54) is 26.4 Å². The third kappa shape index (κ3) is 11.6. The third-order valence-corrected chi connectivity index (χ3v) is 10.5. The van der Waals surface area contributed by atoms with Crippen LogP contribution >= 0.6 is 0 Å². The number of phenols is 1. The van der Waals surface area contributed by atoms with E-state index in [2.05, 4.69) is 31.1 Å². The van der Waals surface area contributed by atoms with E-state index in [1.807, 2.05) is 12.1 Å². The molecule has 16 nitrogen and oxygen atoms in total. The molecule has 340 valence electrons. The maximum Gasteiger partial charge on any atom is 2.00 e. The number of ether oxygens (including phenoxy) is 2. The summed E-state index contributed by atoms with van der Waals surface area (Å²) < 4.78 is 10.9. The number of aromatic carboxylic acids is 2. The topological polar surface area (TPSA) is 247 Å². The van der Waals surface area contributed by atoms with E-state index in [4.69, 9.17) is 9.47 Å². The number of carbonyl (C=O) groups is 4. The van der Waals surface area contributed by atoms with Crippen LogP contribution in [0, 0.1) is 13.8 Å². The minimum absolute atomic E-state index is 0. The van der Waals surface area contributed by atoms with Crippen LogP contribution in [0.15, 0.2) is 166 Å². The van der Waals surface area contributed by atoms with Crippen molar-refractivity contribution in [2.45, 2.75) is 13.8 Å².